The summed E-state index contributed by atoms with van der Waals surface area (Å²) in [5.41, 5.74) is 2.26. The summed E-state index contributed by atoms with van der Waals surface area (Å²) >= 11 is 0. The lowest BCUT2D eigenvalue weighted by atomic mass is 9.79. The van der Waals surface area contributed by atoms with E-state index < -0.39 is 0 Å². The maximum absolute atomic E-state index is 6.06. The molecule has 1 aliphatic rings. The average molecular weight is 299 g/mol. The van der Waals surface area contributed by atoms with E-state index in [1.807, 2.05) is 31.2 Å². The summed E-state index contributed by atoms with van der Waals surface area (Å²) in [5.74, 6) is 0.755. The van der Waals surface area contributed by atoms with Crippen LogP contribution in [0.1, 0.15) is 40.5 Å². The van der Waals surface area contributed by atoms with Crippen molar-refractivity contribution >= 4 is 12.6 Å². The molecule has 3 rings (SSSR count). The highest BCUT2D eigenvalue weighted by molar-refractivity contribution is 6.62. The number of rotatable bonds is 3. The molecule has 1 aromatic carbocycles. The van der Waals surface area contributed by atoms with E-state index in [0.29, 0.717) is 0 Å². The van der Waals surface area contributed by atoms with Gasteiger partial charge < -0.3 is 13.7 Å². The summed E-state index contributed by atoms with van der Waals surface area (Å²) in [4.78, 5) is 4.44. The van der Waals surface area contributed by atoms with Crippen LogP contribution in [0, 0.1) is 0 Å². The molecule has 0 atom stereocenters. The summed E-state index contributed by atoms with van der Waals surface area (Å²) in [6.45, 7) is 10.3. The standard InChI is InChI=1S/C17H22BNO3/c1-6-15-19-14(11-20-15)12-7-9-13(10-8-12)18-21-16(2,3)17(4,5)22-18/h7-11H,6H2,1-5H3. The molecule has 2 heterocycles. The zero-order chi connectivity index (χ0) is 16.0. The van der Waals surface area contributed by atoms with Gasteiger partial charge in [0.25, 0.3) is 0 Å². The normalized spacial score (nSPS) is 19.6. The van der Waals surface area contributed by atoms with Crippen molar-refractivity contribution in [2.75, 3.05) is 0 Å². The molecule has 22 heavy (non-hydrogen) atoms. The fourth-order valence-corrected chi connectivity index (χ4v) is 2.40. The number of nitrogens with zero attached hydrogens (tertiary/aromatic N) is 1. The summed E-state index contributed by atoms with van der Waals surface area (Å²) in [7, 11) is -0.331. The molecule has 0 amide bonds. The number of hydrogen-bond acceptors (Lipinski definition) is 4. The van der Waals surface area contributed by atoms with E-state index in [4.69, 9.17) is 13.7 Å². The van der Waals surface area contributed by atoms with E-state index in [0.717, 1.165) is 29.0 Å². The molecule has 0 bridgehead atoms. The fraction of sp³-hybridized carbons (Fsp3) is 0.471. The summed E-state index contributed by atoms with van der Waals surface area (Å²) in [6.07, 6.45) is 2.49. The molecule has 0 spiro atoms. The topological polar surface area (TPSA) is 44.5 Å². The zero-order valence-electron chi connectivity index (χ0n) is 13.8. The van der Waals surface area contributed by atoms with Crippen molar-refractivity contribution in [3.63, 3.8) is 0 Å². The van der Waals surface area contributed by atoms with E-state index in [-0.39, 0.29) is 18.3 Å². The first-order valence-electron chi connectivity index (χ1n) is 7.73. The fourth-order valence-electron chi connectivity index (χ4n) is 2.40. The molecule has 5 heteroatoms. The smallest absolute Gasteiger partial charge is 0.448 e. The van der Waals surface area contributed by atoms with Gasteiger partial charge in [-0.1, -0.05) is 31.2 Å². The number of aromatic nitrogens is 1. The van der Waals surface area contributed by atoms with Crippen LogP contribution < -0.4 is 5.46 Å². The molecule has 1 fully saturated rings. The third-order valence-corrected chi connectivity index (χ3v) is 4.59. The first kappa shape index (κ1) is 15.3. The average Bonchev–Trinajstić information content (AvgIpc) is 3.02. The Morgan fingerprint density at radius 1 is 1.00 bits per heavy atom. The maximum atomic E-state index is 6.06. The van der Waals surface area contributed by atoms with Crippen LogP contribution in [0.25, 0.3) is 11.3 Å². The van der Waals surface area contributed by atoms with Crippen molar-refractivity contribution in [1.82, 2.24) is 4.98 Å². The minimum Gasteiger partial charge on any atom is -0.448 e. The SMILES string of the molecule is CCc1nc(-c2ccc(B3OC(C)(C)C(C)(C)O3)cc2)co1. The van der Waals surface area contributed by atoms with Crippen LogP contribution in [0.4, 0.5) is 0 Å². The minimum absolute atomic E-state index is 0.321. The first-order chi connectivity index (χ1) is 10.3. The number of hydrogen-bond donors (Lipinski definition) is 0. The second-order valence-electron chi connectivity index (χ2n) is 6.69. The molecular formula is C17H22BNO3. The summed E-state index contributed by atoms with van der Waals surface area (Å²) < 4.78 is 17.5. The number of aryl methyl sites for hydroxylation is 1. The Labute approximate surface area is 132 Å². The van der Waals surface area contributed by atoms with Crippen molar-refractivity contribution in [3.8, 4) is 11.3 Å². The second-order valence-corrected chi connectivity index (χ2v) is 6.69. The summed E-state index contributed by atoms with van der Waals surface area (Å²) in [5, 5.41) is 0. The molecular weight excluding hydrogens is 277 g/mol. The monoisotopic (exact) mass is 299 g/mol. The van der Waals surface area contributed by atoms with E-state index in [1.165, 1.54) is 0 Å². The molecule has 0 unspecified atom stereocenters. The van der Waals surface area contributed by atoms with Gasteiger partial charge in [0.2, 0.25) is 0 Å². The molecule has 0 aliphatic carbocycles. The van der Waals surface area contributed by atoms with Crippen molar-refractivity contribution in [2.45, 2.75) is 52.2 Å². The molecule has 0 N–H and O–H groups in total. The third-order valence-electron chi connectivity index (χ3n) is 4.59. The van der Waals surface area contributed by atoms with Crippen molar-refractivity contribution < 1.29 is 13.7 Å². The van der Waals surface area contributed by atoms with Crippen LogP contribution in [0.15, 0.2) is 34.9 Å². The van der Waals surface area contributed by atoms with E-state index in [2.05, 4.69) is 32.7 Å². The molecule has 116 valence electrons. The Kier molecular flexibility index (Phi) is 3.65. The predicted molar refractivity (Wildman–Crippen MR) is 87.0 cm³/mol. The Morgan fingerprint density at radius 2 is 1.59 bits per heavy atom. The van der Waals surface area contributed by atoms with Crippen LogP contribution in [0.3, 0.4) is 0 Å². The minimum atomic E-state index is -0.331. The largest absolute Gasteiger partial charge is 0.494 e. The van der Waals surface area contributed by atoms with E-state index in [9.17, 15) is 0 Å². The Morgan fingerprint density at radius 3 is 2.09 bits per heavy atom. The molecule has 1 aromatic heterocycles. The van der Waals surface area contributed by atoms with Gasteiger partial charge >= 0.3 is 7.12 Å². The Balaban J connectivity index is 1.81. The van der Waals surface area contributed by atoms with Crippen molar-refractivity contribution in [1.29, 1.82) is 0 Å². The maximum Gasteiger partial charge on any atom is 0.494 e. The Hall–Kier alpha value is -1.59. The highest BCUT2D eigenvalue weighted by atomic mass is 16.7. The quantitative estimate of drug-likeness (QED) is 0.816. The van der Waals surface area contributed by atoms with E-state index in [1.54, 1.807) is 6.26 Å². The highest BCUT2D eigenvalue weighted by Crippen LogP contribution is 2.36. The van der Waals surface area contributed by atoms with Gasteiger partial charge in [-0.15, -0.1) is 0 Å². The second kappa shape index (κ2) is 5.25. The molecule has 1 aliphatic heterocycles. The lowest BCUT2D eigenvalue weighted by Gasteiger charge is -2.32. The van der Waals surface area contributed by atoms with Crippen LogP contribution in [-0.4, -0.2) is 23.3 Å². The van der Waals surface area contributed by atoms with Gasteiger partial charge in [-0.25, -0.2) is 4.98 Å². The van der Waals surface area contributed by atoms with Gasteiger partial charge in [0.15, 0.2) is 5.89 Å². The lowest BCUT2D eigenvalue weighted by molar-refractivity contribution is 0.00578. The van der Waals surface area contributed by atoms with Crippen LogP contribution in [0.2, 0.25) is 0 Å². The van der Waals surface area contributed by atoms with Gasteiger partial charge in [-0.3, -0.25) is 0 Å². The van der Waals surface area contributed by atoms with Gasteiger partial charge in [-0.2, -0.15) is 0 Å². The van der Waals surface area contributed by atoms with E-state index >= 15 is 0 Å². The zero-order valence-corrected chi connectivity index (χ0v) is 13.8. The lowest BCUT2D eigenvalue weighted by Crippen LogP contribution is -2.41. The molecule has 4 nitrogen and oxygen atoms in total. The molecule has 0 radical (unpaired) electrons. The van der Waals surface area contributed by atoms with Crippen LogP contribution in [0.5, 0.6) is 0 Å². The van der Waals surface area contributed by atoms with Crippen LogP contribution in [-0.2, 0) is 15.7 Å². The highest BCUT2D eigenvalue weighted by Gasteiger charge is 2.51. The van der Waals surface area contributed by atoms with Crippen molar-refractivity contribution in [3.05, 3.63) is 36.4 Å². The van der Waals surface area contributed by atoms with Gasteiger partial charge in [0.05, 0.1) is 11.2 Å². The van der Waals surface area contributed by atoms with Gasteiger partial charge in [-0.05, 0) is 33.2 Å². The third kappa shape index (κ3) is 2.59. The van der Waals surface area contributed by atoms with Gasteiger partial charge in [0, 0.05) is 12.0 Å². The molecule has 2 aromatic rings. The predicted octanol–water partition coefficient (Wildman–Crippen LogP) is 3.20. The number of benzene rings is 1. The van der Waals surface area contributed by atoms with Crippen molar-refractivity contribution in [2.24, 2.45) is 0 Å². The van der Waals surface area contributed by atoms with Crippen LogP contribution >= 0.6 is 0 Å². The van der Waals surface area contributed by atoms with Gasteiger partial charge in [0.1, 0.15) is 12.0 Å². The Bertz CT molecular complexity index is 645. The first-order valence-corrected chi connectivity index (χ1v) is 7.73. The molecule has 0 saturated carbocycles. The number of oxazole rings is 1. The summed E-state index contributed by atoms with van der Waals surface area (Å²) in [6, 6.07) is 8.10. The molecule has 1 saturated heterocycles.